The minimum absolute atomic E-state index is 0.0788. The highest BCUT2D eigenvalue weighted by Crippen LogP contribution is 2.55. The zero-order valence-electron chi connectivity index (χ0n) is 15.7. The summed E-state index contributed by atoms with van der Waals surface area (Å²) in [4.78, 5) is 12.8. The molecule has 4 fully saturated rings. The summed E-state index contributed by atoms with van der Waals surface area (Å²) in [7, 11) is 0. The molecular weight excluding hydrogens is 356 g/mol. The van der Waals surface area contributed by atoms with E-state index in [1.165, 1.54) is 50.3 Å². The Labute approximate surface area is 164 Å². The van der Waals surface area contributed by atoms with Crippen molar-refractivity contribution in [2.75, 3.05) is 5.75 Å². The van der Waals surface area contributed by atoms with Crippen LogP contribution in [0.25, 0.3) is 5.69 Å². The maximum atomic E-state index is 12.8. The van der Waals surface area contributed by atoms with Gasteiger partial charge in [-0.15, -0.1) is 10.2 Å². The van der Waals surface area contributed by atoms with Crippen LogP contribution in [0.5, 0.6) is 0 Å². The van der Waals surface area contributed by atoms with Crippen LogP contribution >= 0.6 is 11.8 Å². The summed E-state index contributed by atoms with van der Waals surface area (Å²) in [6.07, 6.45) is 7.74. The molecule has 4 aliphatic rings. The Morgan fingerprint density at radius 1 is 1.11 bits per heavy atom. The first kappa shape index (κ1) is 17.3. The monoisotopic (exact) mass is 382 g/mol. The Balaban J connectivity index is 1.26. The van der Waals surface area contributed by atoms with Crippen LogP contribution < -0.4 is 5.32 Å². The van der Waals surface area contributed by atoms with Crippen LogP contribution in [0.2, 0.25) is 0 Å². The number of nitrogens with zero attached hydrogens (tertiary/aromatic N) is 3. The lowest BCUT2D eigenvalue weighted by atomic mass is 9.53. The van der Waals surface area contributed by atoms with E-state index in [1.54, 1.807) is 0 Å². The SMILES string of the molecule is Cc1nnc(SCC(=O)NC23CC4CC(CC(C4)C2)C3)n1-c1ccccc1. The highest BCUT2D eigenvalue weighted by molar-refractivity contribution is 7.99. The Kier molecular flexibility index (Phi) is 4.26. The van der Waals surface area contributed by atoms with E-state index in [0.717, 1.165) is 34.4 Å². The number of carbonyl (C=O) groups excluding carboxylic acids is 1. The second kappa shape index (κ2) is 6.66. The predicted octanol–water partition coefficient (Wildman–Crippen LogP) is 3.75. The van der Waals surface area contributed by atoms with Crippen molar-refractivity contribution >= 4 is 17.7 Å². The van der Waals surface area contributed by atoms with E-state index in [9.17, 15) is 4.79 Å². The number of para-hydroxylation sites is 1. The molecule has 27 heavy (non-hydrogen) atoms. The van der Waals surface area contributed by atoms with Crippen LogP contribution in [0, 0.1) is 24.7 Å². The fourth-order valence-electron chi connectivity index (χ4n) is 6.04. The van der Waals surface area contributed by atoms with Gasteiger partial charge in [0, 0.05) is 11.2 Å². The van der Waals surface area contributed by atoms with Crippen LogP contribution in [-0.2, 0) is 4.79 Å². The molecule has 4 aliphatic carbocycles. The lowest BCUT2D eigenvalue weighted by Crippen LogP contribution is -2.60. The van der Waals surface area contributed by atoms with Gasteiger partial charge in [-0.1, -0.05) is 30.0 Å². The minimum Gasteiger partial charge on any atom is -0.350 e. The van der Waals surface area contributed by atoms with Crippen molar-refractivity contribution < 1.29 is 4.79 Å². The van der Waals surface area contributed by atoms with Crippen LogP contribution in [-0.4, -0.2) is 32.0 Å². The Hall–Kier alpha value is -1.82. The van der Waals surface area contributed by atoms with E-state index >= 15 is 0 Å². The standard InChI is InChI=1S/C21H26N4OS/c1-14-23-24-20(25(14)18-5-3-2-4-6-18)27-13-19(26)22-21-10-15-7-16(11-21)9-17(8-15)12-21/h2-6,15-17H,7-13H2,1H3,(H,22,26). The summed E-state index contributed by atoms with van der Waals surface area (Å²) in [6, 6.07) is 10.1. The highest BCUT2D eigenvalue weighted by atomic mass is 32.2. The topological polar surface area (TPSA) is 59.8 Å². The van der Waals surface area contributed by atoms with E-state index in [1.807, 2.05) is 41.8 Å². The number of nitrogens with one attached hydrogen (secondary N) is 1. The second-order valence-corrected chi connectivity index (χ2v) is 9.68. The smallest absolute Gasteiger partial charge is 0.230 e. The number of rotatable bonds is 5. The molecule has 6 heteroatoms. The molecule has 1 amide bonds. The van der Waals surface area contributed by atoms with Gasteiger partial charge >= 0.3 is 0 Å². The Morgan fingerprint density at radius 3 is 2.37 bits per heavy atom. The van der Waals surface area contributed by atoms with Gasteiger partial charge < -0.3 is 5.32 Å². The molecular formula is C21H26N4OS. The molecule has 0 saturated heterocycles. The van der Waals surface area contributed by atoms with Gasteiger partial charge in [0.05, 0.1) is 5.75 Å². The molecule has 1 heterocycles. The zero-order valence-corrected chi connectivity index (χ0v) is 16.5. The number of thioether (sulfide) groups is 1. The van der Waals surface area contributed by atoms with Gasteiger partial charge in [-0.05, 0) is 75.3 Å². The van der Waals surface area contributed by atoms with E-state index in [2.05, 4.69) is 15.5 Å². The number of benzene rings is 1. The molecule has 4 bridgehead atoms. The minimum atomic E-state index is 0.0788. The summed E-state index contributed by atoms with van der Waals surface area (Å²) in [5.74, 6) is 3.90. The van der Waals surface area contributed by atoms with Gasteiger partial charge in [-0.25, -0.2) is 0 Å². The van der Waals surface area contributed by atoms with Gasteiger partial charge in [-0.2, -0.15) is 0 Å². The molecule has 0 aliphatic heterocycles. The summed E-state index contributed by atoms with van der Waals surface area (Å²) in [5.41, 5.74) is 1.11. The third-order valence-electron chi connectivity index (χ3n) is 6.58. The van der Waals surface area contributed by atoms with E-state index < -0.39 is 0 Å². The lowest BCUT2D eigenvalue weighted by molar-refractivity contribution is -0.124. The second-order valence-electron chi connectivity index (χ2n) is 8.74. The van der Waals surface area contributed by atoms with Crippen LogP contribution in [0.1, 0.15) is 44.3 Å². The molecule has 0 atom stereocenters. The predicted molar refractivity (Wildman–Crippen MR) is 106 cm³/mol. The Morgan fingerprint density at radius 2 is 1.74 bits per heavy atom. The van der Waals surface area contributed by atoms with Crippen molar-refractivity contribution in [3.05, 3.63) is 36.2 Å². The average Bonchev–Trinajstić information content (AvgIpc) is 3.00. The van der Waals surface area contributed by atoms with Crippen molar-refractivity contribution in [1.29, 1.82) is 0 Å². The van der Waals surface area contributed by atoms with Gasteiger partial charge in [0.1, 0.15) is 5.82 Å². The molecule has 5 nitrogen and oxygen atoms in total. The van der Waals surface area contributed by atoms with Gasteiger partial charge in [0.2, 0.25) is 5.91 Å². The van der Waals surface area contributed by atoms with Crippen LogP contribution in [0.15, 0.2) is 35.5 Å². The molecule has 142 valence electrons. The first-order valence-electron chi connectivity index (χ1n) is 10.0. The van der Waals surface area contributed by atoms with Gasteiger partial charge in [0.15, 0.2) is 5.16 Å². The van der Waals surface area contributed by atoms with Gasteiger partial charge in [-0.3, -0.25) is 9.36 Å². The molecule has 0 radical (unpaired) electrons. The number of hydrogen-bond acceptors (Lipinski definition) is 4. The maximum absolute atomic E-state index is 12.8. The summed E-state index contributed by atoms with van der Waals surface area (Å²) in [5, 5.41) is 12.7. The van der Waals surface area contributed by atoms with Crippen molar-refractivity contribution in [1.82, 2.24) is 20.1 Å². The lowest BCUT2D eigenvalue weighted by Gasteiger charge is -2.56. The summed E-state index contributed by atoms with van der Waals surface area (Å²) >= 11 is 1.48. The van der Waals surface area contributed by atoms with Crippen molar-refractivity contribution in [3.8, 4) is 5.69 Å². The first-order valence-corrected chi connectivity index (χ1v) is 11.0. The van der Waals surface area contributed by atoms with Crippen molar-refractivity contribution in [2.45, 2.75) is 56.1 Å². The molecule has 1 aromatic carbocycles. The quantitative estimate of drug-likeness (QED) is 0.800. The van der Waals surface area contributed by atoms with E-state index in [-0.39, 0.29) is 11.4 Å². The molecule has 0 spiro atoms. The molecule has 4 saturated carbocycles. The van der Waals surface area contributed by atoms with Crippen LogP contribution in [0.3, 0.4) is 0 Å². The van der Waals surface area contributed by atoms with Crippen LogP contribution in [0.4, 0.5) is 0 Å². The fourth-order valence-corrected chi connectivity index (χ4v) is 6.83. The zero-order chi connectivity index (χ0) is 18.4. The van der Waals surface area contributed by atoms with Crippen molar-refractivity contribution in [2.24, 2.45) is 17.8 Å². The third-order valence-corrected chi connectivity index (χ3v) is 7.51. The third kappa shape index (κ3) is 3.28. The van der Waals surface area contributed by atoms with E-state index in [0.29, 0.717) is 5.75 Å². The molecule has 2 aromatic rings. The molecule has 0 unspecified atom stereocenters. The number of aromatic nitrogens is 3. The van der Waals surface area contributed by atoms with E-state index in [4.69, 9.17) is 0 Å². The number of carbonyl (C=O) groups is 1. The summed E-state index contributed by atoms with van der Waals surface area (Å²) in [6.45, 7) is 1.94. The number of aryl methyl sites for hydroxylation is 1. The summed E-state index contributed by atoms with van der Waals surface area (Å²) < 4.78 is 2.02. The fraction of sp³-hybridized carbons (Fsp3) is 0.571. The highest BCUT2D eigenvalue weighted by Gasteiger charge is 2.51. The normalized spacial score (nSPS) is 31.2. The Bertz CT molecular complexity index is 812. The average molecular weight is 383 g/mol. The molecule has 6 rings (SSSR count). The molecule has 1 aromatic heterocycles. The number of amides is 1. The largest absolute Gasteiger partial charge is 0.350 e. The number of hydrogen-bond donors (Lipinski definition) is 1. The van der Waals surface area contributed by atoms with Gasteiger partial charge in [0.25, 0.3) is 0 Å². The first-order chi connectivity index (χ1) is 13.1. The molecule has 1 N–H and O–H groups in total. The van der Waals surface area contributed by atoms with Crippen molar-refractivity contribution in [3.63, 3.8) is 0 Å². The maximum Gasteiger partial charge on any atom is 0.230 e.